The van der Waals surface area contributed by atoms with Crippen LogP contribution in [0.25, 0.3) is 22.6 Å². The number of benzene rings is 2. The zero-order valence-electron chi connectivity index (χ0n) is 20.5. The highest BCUT2D eigenvalue weighted by atomic mass is 16.5. The molecule has 0 radical (unpaired) electrons. The van der Waals surface area contributed by atoms with Gasteiger partial charge in [-0.05, 0) is 42.2 Å². The summed E-state index contributed by atoms with van der Waals surface area (Å²) in [6.07, 6.45) is 6.45. The molecule has 0 bridgehead atoms. The summed E-state index contributed by atoms with van der Waals surface area (Å²) in [5.74, 6) is 0.996. The lowest BCUT2D eigenvalue weighted by atomic mass is 10.0. The number of hydrogen-bond acceptors (Lipinski definition) is 5. The minimum absolute atomic E-state index is 0.0925. The van der Waals surface area contributed by atoms with Gasteiger partial charge in [-0.1, -0.05) is 54.6 Å². The maximum Gasteiger partial charge on any atom is 0.303 e. The third kappa shape index (κ3) is 5.95. The van der Waals surface area contributed by atoms with Gasteiger partial charge >= 0.3 is 5.97 Å². The Hall–Kier alpha value is -4.65. The van der Waals surface area contributed by atoms with E-state index in [9.17, 15) is 4.79 Å². The normalized spacial score (nSPS) is 10.9. The molecule has 0 atom stereocenters. The molecule has 7 nitrogen and oxygen atoms in total. The Balaban J connectivity index is 1.25. The second-order valence-electron chi connectivity index (χ2n) is 8.81. The summed E-state index contributed by atoms with van der Waals surface area (Å²) in [6.45, 7) is 2.75. The Bertz CT molecular complexity index is 1470. The molecule has 5 aromatic rings. The molecular weight excluding hydrogens is 466 g/mol. The van der Waals surface area contributed by atoms with Gasteiger partial charge in [0.2, 0.25) is 11.8 Å². The van der Waals surface area contributed by atoms with E-state index in [-0.39, 0.29) is 13.0 Å². The van der Waals surface area contributed by atoms with Gasteiger partial charge in [-0.2, -0.15) is 0 Å². The highest BCUT2D eigenvalue weighted by Gasteiger charge is 2.13. The quantitative estimate of drug-likeness (QED) is 0.251. The predicted octanol–water partition coefficient (Wildman–Crippen LogP) is 6.16. The highest BCUT2D eigenvalue weighted by molar-refractivity contribution is 5.70. The number of aliphatic carboxylic acids is 1. The van der Waals surface area contributed by atoms with Crippen molar-refractivity contribution >= 4 is 5.97 Å². The van der Waals surface area contributed by atoms with Gasteiger partial charge in [0.15, 0.2) is 0 Å². The summed E-state index contributed by atoms with van der Waals surface area (Å²) in [7, 11) is 0. The van der Waals surface area contributed by atoms with Crippen LogP contribution in [0.2, 0.25) is 0 Å². The van der Waals surface area contributed by atoms with E-state index in [1.807, 2.05) is 85.9 Å². The fourth-order valence-electron chi connectivity index (χ4n) is 4.17. The molecular formula is C30H27N3O4. The molecule has 5 rings (SSSR count). The van der Waals surface area contributed by atoms with Crippen LogP contribution < -0.4 is 4.74 Å². The first-order valence-corrected chi connectivity index (χ1v) is 12.1. The fraction of sp³-hybridized carbons (Fsp3) is 0.167. The van der Waals surface area contributed by atoms with Gasteiger partial charge < -0.3 is 18.8 Å². The number of pyridine rings is 1. The lowest BCUT2D eigenvalue weighted by molar-refractivity contribution is -0.136. The second kappa shape index (κ2) is 11.0. The van der Waals surface area contributed by atoms with E-state index in [4.69, 9.17) is 14.3 Å². The largest absolute Gasteiger partial charge is 0.481 e. The molecule has 37 heavy (non-hydrogen) atoms. The van der Waals surface area contributed by atoms with Crippen LogP contribution in [-0.2, 0) is 24.4 Å². The van der Waals surface area contributed by atoms with Crippen LogP contribution in [0.15, 0.2) is 95.8 Å². The van der Waals surface area contributed by atoms with E-state index in [1.54, 1.807) is 6.20 Å². The maximum absolute atomic E-state index is 11.1. The lowest BCUT2D eigenvalue weighted by Gasteiger charge is -2.06. The fourth-order valence-corrected chi connectivity index (χ4v) is 4.17. The molecule has 3 aromatic heterocycles. The van der Waals surface area contributed by atoms with Crippen molar-refractivity contribution in [1.82, 2.24) is 14.5 Å². The number of aromatic nitrogens is 3. The van der Waals surface area contributed by atoms with Crippen molar-refractivity contribution in [2.24, 2.45) is 0 Å². The summed E-state index contributed by atoms with van der Waals surface area (Å²) >= 11 is 0. The predicted molar refractivity (Wildman–Crippen MR) is 140 cm³/mol. The number of carbonyl (C=O) groups is 1. The van der Waals surface area contributed by atoms with E-state index in [1.165, 1.54) is 0 Å². The Kier molecular flexibility index (Phi) is 7.12. The summed E-state index contributed by atoms with van der Waals surface area (Å²) < 4.78 is 13.7. The molecule has 0 unspecified atom stereocenters. The van der Waals surface area contributed by atoms with E-state index >= 15 is 0 Å². The summed E-state index contributed by atoms with van der Waals surface area (Å²) in [5.41, 5.74) is 5.80. The Morgan fingerprint density at radius 2 is 1.70 bits per heavy atom. The van der Waals surface area contributed by atoms with Gasteiger partial charge in [0.25, 0.3) is 0 Å². The first-order chi connectivity index (χ1) is 18.0. The van der Waals surface area contributed by atoms with Crippen LogP contribution in [0.4, 0.5) is 0 Å². The molecule has 2 aromatic carbocycles. The number of nitrogens with zero attached hydrogens (tertiary/aromatic N) is 3. The monoisotopic (exact) mass is 493 g/mol. The Morgan fingerprint density at radius 3 is 2.38 bits per heavy atom. The van der Waals surface area contributed by atoms with Crippen LogP contribution in [0.1, 0.15) is 29.0 Å². The van der Waals surface area contributed by atoms with Crippen LogP contribution in [-0.4, -0.2) is 25.6 Å². The van der Waals surface area contributed by atoms with Gasteiger partial charge in [-0.15, -0.1) is 0 Å². The average molecular weight is 494 g/mol. The number of rotatable bonds is 10. The van der Waals surface area contributed by atoms with Crippen molar-refractivity contribution in [3.05, 3.63) is 114 Å². The van der Waals surface area contributed by atoms with Gasteiger partial charge in [0, 0.05) is 48.7 Å². The molecule has 0 amide bonds. The standard InChI is InChI=1S/C30H27N3O4/c1-21-27(32-30(37-21)24-10-6-3-7-11-24)20-36-28-14-12-22(16-31-28)17-33-18-25(13-15-29(34)35)26(19-33)23-8-4-2-5-9-23/h2-12,14,16,18-19H,13,15,17,20H2,1H3,(H,34,35). The molecule has 0 fully saturated rings. The molecule has 7 heteroatoms. The highest BCUT2D eigenvalue weighted by Crippen LogP contribution is 2.27. The third-order valence-electron chi connectivity index (χ3n) is 6.09. The van der Waals surface area contributed by atoms with Gasteiger partial charge in [-0.3, -0.25) is 4.79 Å². The van der Waals surface area contributed by atoms with Crippen molar-refractivity contribution in [2.75, 3.05) is 0 Å². The third-order valence-corrected chi connectivity index (χ3v) is 6.09. The van der Waals surface area contributed by atoms with Crippen molar-refractivity contribution in [1.29, 1.82) is 0 Å². The number of oxazole rings is 1. The van der Waals surface area contributed by atoms with Crippen LogP contribution in [0.3, 0.4) is 0 Å². The van der Waals surface area contributed by atoms with Crippen molar-refractivity contribution in [2.45, 2.75) is 32.9 Å². The Labute approximate surface area is 215 Å². The van der Waals surface area contributed by atoms with E-state index in [0.29, 0.717) is 24.7 Å². The van der Waals surface area contributed by atoms with Crippen molar-refractivity contribution in [3.8, 4) is 28.5 Å². The number of ether oxygens (including phenoxy) is 1. The summed E-state index contributed by atoms with van der Waals surface area (Å²) in [6, 6.07) is 23.6. The van der Waals surface area contributed by atoms with Crippen LogP contribution in [0, 0.1) is 6.92 Å². The number of carboxylic acid groups (broad SMARTS) is 1. The van der Waals surface area contributed by atoms with E-state index in [0.717, 1.165) is 39.3 Å². The lowest BCUT2D eigenvalue weighted by Crippen LogP contribution is -2.01. The average Bonchev–Trinajstić information content (AvgIpc) is 3.51. The minimum Gasteiger partial charge on any atom is -0.481 e. The first-order valence-electron chi connectivity index (χ1n) is 12.1. The van der Waals surface area contributed by atoms with Crippen LogP contribution >= 0.6 is 0 Å². The number of hydrogen-bond donors (Lipinski definition) is 1. The van der Waals surface area contributed by atoms with Gasteiger partial charge in [-0.25, -0.2) is 9.97 Å². The van der Waals surface area contributed by atoms with E-state index in [2.05, 4.69) is 20.7 Å². The van der Waals surface area contributed by atoms with Crippen molar-refractivity contribution in [3.63, 3.8) is 0 Å². The van der Waals surface area contributed by atoms with Gasteiger partial charge in [0.05, 0.1) is 0 Å². The number of carboxylic acids is 1. The molecule has 0 aliphatic carbocycles. The van der Waals surface area contributed by atoms with Crippen molar-refractivity contribution < 1.29 is 19.1 Å². The first kappa shape index (κ1) is 24.1. The molecule has 0 saturated heterocycles. The molecule has 1 N–H and O–H groups in total. The molecule has 186 valence electrons. The smallest absolute Gasteiger partial charge is 0.303 e. The molecule has 0 aliphatic rings. The van der Waals surface area contributed by atoms with E-state index < -0.39 is 5.97 Å². The maximum atomic E-state index is 11.1. The SMILES string of the molecule is Cc1oc(-c2ccccc2)nc1COc1ccc(Cn2cc(CCC(=O)O)c(-c3ccccc3)c2)cn1. The van der Waals surface area contributed by atoms with Gasteiger partial charge in [0.1, 0.15) is 18.1 Å². The molecule has 0 aliphatic heterocycles. The molecule has 3 heterocycles. The number of aryl methyl sites for hydroxylation is 2. The Morgan fingerprint density at radius 1 is 0.973 bits per heavy atom. The molecule has 0 saturated carbocycles. The summed E-state index contributed by atoms with van der Waals surface area (Å²) in [5, 5.41) is 9.15. The zero-order chi connectivity index (χ0) is 25.6. The molecule has 0 spiro atoms. The topological polar surface area (TPSA) is 90.4 Å². The second-order valence-corrected chi connectivity index (χ2v) is 8.81. The zero-order valence-corrected chi connectivity index (χ0v) is 20.5. The summed E-state index contributed by atoms with van der Waals surface area (Å²) in [4.78, 5) is 20.2. The van der Waals surface area contributed by atoms with Crippen LogP contribution in [0.5, 0.6) is 5.88 Å². The minimum atomic E-state index is -0.802.